The Morgan fingerprint density at radius 1 is 1.05 bits per heavy atom. The maximum Gasteiger partial charge on any atom is 0.311 e. The van der Waals surface area contributed by atoms with Gasteiger partial charge in [-0.2, -0.15) is 4.98 Å². The highest BCUT2D eigenvalue weighted by Gasteiger charge is 2.35. The predicted molar refractivity (Wildman–Crippen MR) is 148 cm³/mol. The molecule has 1 aliphatic carbocycles. The summed E-state index contributed by atoms with van der Waals surface area (Å²) in [6.45, 7) is 3.58. The molecule has 1 amide bonds. The van der Waals surface area contributed by atoms with E-state index in [1.165, 1.54) is 0 Å². The van der Waals surface area contributed by atoms with E-state index in [4.69, 9.17) is 14.7 Å². The van der Waals surface area contributed by atoms with Crippen LogP contribution in [0, 0.1) is 5.92 Å². The molecule has 1 atom stereocenters. The smallest absolute Gasteiger partial charge is 0.311 e. The molecule has 9 nitrogen and oxygen atoms in total. The van der Waals surface area contributed by atoms with Gasteiger partial charge in [-0.1, -0.05) is 36.4 Å². The van der Waals surface area contributed by atoms with Crippen LogP contribution < -0.4 is 5.32 Å². The number of hydrogen-bond acceptors (Lipinski definition) is 7. The van der Waals surface area contributed by atoms with Crippen molar-refractivity contribution in [2.75, 3.05) is 25.0 Å². The van der Waals surface area contributed by atoms with Crippen LogP contribution in [-0.2, 0) is 20.7 Å². The number of piperidine rings is 1. The van der Waals surface area contributed by atoms with E-state index in [0.717, 1.165) is 48.6 Å². The fraction of sp³-hybridized carbons (Fsp3) is 0.367. The van der Waals surface area contributed by atoms with Gasteiger partial charge in [-0.15, -0.1) is 0 Å². The predicted octanol–water partition coefficient (Wildman–Crippen LogP) is 4.40. The molecular formula is C30H32N6O3. The highest BCUT2D eigenvalue weighted by atomic mass is 16.5. The van der Waals surface area contributed by atoms with Crippen LogP contribution in [0.2, 0.25) is 0 Å². The Hall–Kier alpha value is -4.27. The van der Waals surface area contributed by atoms with Gasteiger partial charge in [-0.3, -0.25) is 14.2 Å². The monoisotopic (exact) mass is 524 g/mol. The molecule has 6 rings (SSSR count). The zero-order valence-corrected chi connectivity index (χ0v) is 22.0. The third-order valence-corrected chi connectivity index (χ3v) is 7.34. The third-order valence-electron chi connectivity index (χ3n) is 7.34. The first kappa shape index (κ1) is 25.0. The second-order valence-corrected chi connectivity index (χ2v) is 10.2. The first-order chi connectivity index (χ1) is 19.1. The molecule has 2 aromatic heterocycles. The number of rotatable bonds is 8. The standard InChI is InChI=1S/C30H32N6O3/c1-2-39-27(37)17-25-18-32-28(23-12-9-20-6-3-4-7-22(20)16-23)36(25)26-13-14-31-30(34-26)33-24-8-5-15-35(19-24)29(38)21-10-11-21/h3-4,6-7,9,12-14,16,18,21,24H,2,5,8,10-11,15,17,19H2,1H3,(H,31,33,34)/t24-/m0/s1. The van der Waals surface area contributed by atoms with Gasteiger partial charge in [-0.25, -0.2) is 9.97 Å². The van der Waals surface area contributed by atoms with Gasteiger partial charge in [-0.05, 0) is 55.5 Å². The molecule has 0 radical (unpaired) electrons. The average Bonchev–Trinajstić information content (AvgIpc) is 3.73. The lowest BCUT2D eigenvalue weighted by molar-refractivity contribution is -0.142. The van der Waals surface area contributed by atoms with Crippen molar-refractivity contribution >= 4 is 28.6 Å². The second-order valence-electron chi connectivity index (χ2n) is 10.2. The van der Waals surface area contributed by atoms with E-state index in [1.807, 2.05) is 33.7 Å². The molecule has 39 heavy (non-hydrogen) atoms. The quantitative estimate of drug-likeness (QED) is 0.341. The Balaban J connectivity index is 1.32. The van der Waals surface area contributed by atoms with Gasteiger partial charge in [0.2, 0.25) is 11.9 Å². The highest BCUT2D eigenvalue weighted by Crippen LogP contribution is 2.32. The SMILES string of the molecule is CCOC(=O)Cc1cnc(-c2ccc3ccccc3c2)n1-c1ccnc(N[C@H]2CCCN(C(=O)C3CC3)C2)n1. The number of nitrogens with zero attached hydrogens (tertiary/aromatic N) is 5. The minimum atomic E-state index is -0.321. The Labute approximate surface area is 227 Å². The average molecular weight is 525 g/mol. The van der Waals surface area contributed by atoms with Crippen LogP contribution in [-0.4, -0.2) is 62.0 Å². The van der Waals surface area contributed by atoms with Crippen molar-refractivity contribution in [2.45, 2.75) is 45.1 Å². The minimum absolute atomic E-state index is 0.0715. The number of imidazole rings is 1. The van der Waals surface area contributed by atoms with Crippen LogP contribution in [0.25, 0.3) is 28.0 Å². The number of fused-ring (bicyclic) bond motifs is 1. The van der Waals surface area contributed by atoms with Crippen molar-refractivity contribution in [3.8, 4) is 17.2 Å². The highest BCUT2D eigenvalue weighted by molar-refractivity contribution is 5.86. The molecule has 0 spiro atoms. The van der Waals surface area contributed by atoms with Crippen LogP contribution in [0.5, 0.6) is 0 Å². The summed E-state index contributed by atoms with van der Waals surface area (Å²) >= 11 is 0. The summed E-state index contributed by atoms with van der Waals surface area (Å²) in [7, 11) is 0. The van der Waals surface area contributed by atoms with Crippen molar-refractivity contribution in [3.63, 3.8) is 0 Å². The van der Waals surface area contributed by atoms with E-state index >= 15 is 0 Å². The fourth-order valence-electron chi connectivity index (χ4n) is 5.27. The number of nitrogens with one attached hydrogen (secondary N) is 1. The lowest BCUT2D eigenvalue weighted by atomic mass is 10.1. The summed E-state index contributed by atoms with van der Waals surface area (Å²) in [5.74, 6) is 1.95. The van der Waals surface area contributed by atoms with Crippen LogP contribution in [0.4, 0.5) is 5.95 Å². The molecule has 2 aromatic carbocycles. The van der Waals surface area contributed by atoms with Gasteiger partial charge < -0.3 is 15.0 Å². The van der Waals surface area contributed by atoms with E-state index < -0.39 is 0 Å². The lowest BCUT2D eigenvalue weighted by Gasteiger charge is -2.33. The maximum atomic E-state index is 12.6. The number of hydrogen-bond donors (Lipinski definition) is 1. The normalized spacial score (nSPS) is 17.3. The molecule has 9 heteroatoms. The summed E-state index contributed by atoms with van der Waals surface area (Å²) in [4.78, 5) is 41.1. The molecule has 2 fully saturated rings. The topological polar surface area (TPSA) is 102 Å². The molecule has 1 saturated heterocycles. The van der Waals surface area contributed by atoms with E-state index in [0.29, 0.717) is 36.4 Å². The summed E-state index contributed by atoms with van der Waals surface area (Å²) < 4.78 is 7.13. The Morgan fingerprint density at radius 3 is 2.72 bits per heavy atom. The molecule has 3 heterocycles. The van der Waals surface area contributed by atoms with Gasteiger partial charge in [0.15, 0.2) is 0 Å². The summed E-state index contributed by atoms with van der Waals surface area (Å²) in [6, 6.07) is 16.3. The molecule has 1 N–H and O–H groups in total. The van der Waals surface area contributed by atoms with E-state index in [1.54, 1.807) is 19.3 Å². The number of benzene rings is 2. The number of carbonyl (C=O) groups is 2. The van der Waals surface area contributed by atoms with Crippen molar-refractivity contribution in [1.82, 2.24) is 24.4 Å². The van der Waals surface area contributed by atoms with Crippen LogP contribution in [0.3, 0.4) is 0 Å². The van der Waals surface area contributed by atoms with E-state index in [9.17, 15) is 9.59 Å². The van der Waals surface area contributed by atoms with E-state index in [-0.39, 0.29) is 30.3 Å². The van der Waals surface area contributed by atoms with Gasteiger partial charge in [0.05, 0.1) is 18.7 Å². The molecule has 0 bridgehead atoms. The van der Waals surface area contributed by atoms with E-state index in [2.05, 4.69) is 34.6 Å². The first-order valence-corrected chi connectivity index (χ1v) is 13.7. The molecule has 2 aliphatic rings. The van der Waals surface area contributed by atoms with Gasteiger partial charge in [0, 0.05) is 43.0 Å². The number of likely N-dealkylation sites (tertiary alicyclic amines) is 1. The Bertz CT molecular complexity index is 1510. The Kier molecular flexibility index (Phi) is 6.96. The second kappa shape index (κ2) is 10.8. The van der Waals surface area contributed by atoms with Crippen molar-refractivity contribution < 1.29 is 14.3 Å². The van der Waals surface area contributed by atoms with Crippen LogP contribution >= 0.6 is 0 Å². The fourth-order valence-corrected chi connectivity index (χ4v) is 5.27. The maximum absolute atomic E-state index is 12.6. The van der Waals surface area contributed by atoms with Gasteiger partial charge >= 0.3 is 5.97 Å². The number of anilines is 1. The lowest BCUT2D eigenvalue weighted by Crippen LogP contribution is -2.45. The summed E-state index contributed by atoms with van der Waals surface area (Å²) in [5.41, 5.74) is 1.60. The van der Waals surface area contributed by atoms with Crippen molar-refractivity contribution in [2.24, 2.45) is 5.92 Å². The molecule has 200 valence electrons. The van der Waals surface area contributed by atoms with Crippen LogP contribution in [0.15, 0.2) is 60.9 Å². The zero-order valence-electron chi connectivity index (χ0n) is 22.0. The molecule has 4 aromatic rings. The number of ether oxygens (including phenoxy) is 1. The number of aromatic nitrogens is 4. The molecular weight excluding hydrogens is 492 g/mol. The zero-order chi connectivity index (χ0) is 26.8. The largest absolute Gasteiger partial charge is 0.466 e. The Morgan fingerprint density at radius 2 is 1.90 bits per heavy atom. The van der Waals surface area contributed by atoms with Gasteiger partial charge in [0.25, 0.3) is 0 Å². The first-order valence-electron chi connectivity index (χ1n) is 13.7. The number of carbonyl (C=O) groups excluding carboxylic acids is 2. The molecule has 1 saturated carbocycles. The molecule has 1 aliphatic heterocycles. The summed E-state index contributed by atoms with van der Waals surface area (Å²) in [5, 5.41) is 5.69. The van der Waals surface area contributed by atoms with Gasteiger partial charge in [0.1, 0.15) is 11.6 Å². The number of amides is 1. The van der Waals surface area contributed by atoms with Crippen molar-refractivity contribution in [3.05, 3.63) is 66.6 Å². The number of esters is 1. The van der Waals surface area contributed by atoms with Crippen molar-refractivity contribution in [1.29, 1.82) is 0 Å². The molecule has 0 unspecified atom stereocenters. The van der Waals surface area contributed by atoms with Crippen LogP contribution in [0.1, 0.15) is 38.3 Å². The third kappa shape index (κ3) is 5.48. The minimum Gasteiger partial charge on any atom is -0.466 e. The summed E-state index contributed by atoms with van der Waals surface area (Å²) in [6.07, 6.45) is 7.41.